The van der Waals surface area contributed by atoms with Crippen molar-refractivity contribution >= 4 is 22.8 Å². The van der Waals surface area contributed by atoms with Gasteiger partial charge in [0.1, 0.15) is 0 Å². The van der Waals surface area contributed by atoms with Gasteiger partial charge < -0.3 is 0 Å². The van der Waals surface area contributed by atoms with Crippen LogP contribution in [0.25, 0.3) is 0 Å². The molecule has 3 heteroatoms. The molecule has 0 spiro atoms. The van der Waals surface area contributed by atoms with E-state index in [-0.39, 0.29) is 0 Å². The van der Waals surface area contributed by atoms with Crippen LogP contribution in [0.2, 0.25) is 5.21 Å². The van der Waals surface area contributed by atoms with E-state index in [0.29, 0.717) is 6.42 Å². The van der Waals surface area contributed by atoms with Crippen LogP contribution in [0.3, 0.4) is 0 Å². The zero-order chi connectivity index (χ0) is 9.94. The Hall–Kier alpha value is 0.0284. The number of hydrogen-bond acceptors (Lipinski definition) is 1. The van der Waals surface area contributed by atoms with Crippen molar-refractivity contribution in [2.75, 3.05) is 0 Å². The minimum atomic E-state index is -0.659. The van der Waals surface area contributed by atoms with E-state index >= 15 is 0 Å². The molecule has 0 saturated carbocycles. The third-order valence-electron chi connectivity index (χ3n) is 2.09. The van der Waals surface area contributed by atoms with Crippen LogP contribution in [0.15, 0.2) is 0 Å². The Morgan fingerprint density at radius 1 is 0.923 bits per heavy atom. The summed E-state index contributed by atoms with van der Waals surface area (Å²) in [4.78, 5) is 10.2. The summed E-state index contributed by atoms with van der Waals surface area (Å²) >= 11 is 1.82. The summed E-state index contributed by atoms with van der Waals surface area (Å²) in [6.45, 7) is 0. The van der Waals surface area contributed by atoms with Crippen molar-refractivity contribution < 1.29 is 9.90 Å². The van der Waals surface area contributed by atoms with Gasteiger partial charge in [-0.05, 0) is 0 Å². The number of aliphatic carboxylic acids is 1. The fraction of sp³-hybridized carbons (Fsp3) is 0.900. The molecule has 1 unspecified atom stereocenters. The third kappa shape index (κ3) is 12.0. The molecule has 0 aromatic rings. The van der Waals surface area contributed by atoms with Gasteiger partial charge in [-0.3, -0.25) is 0 Å². The molecule has 0 saturated heterocycles. The van der Waals surface area contributed by atoms with Gasteiger partial charge in [0, 0.05) is 0 Å². The fourth-order valence-electron chi connectivity index (χ4n) is 1.30. The predicted octanol–water partition coefficient (Wildman–Crippen LogP) is 2.24. The van der Waals surface area contributed by atoms with E-state index in [9.17, 15) is 4.79 Å². The van der Waals surface area contributed by atoms with E-state index in [1.54, 1.807) is 0 Å². The summed E-state index contributed by atoms with van der Waals surface area (Å²) in [6.07, 6.45) is 8.84. The molecule has 1 atom stereocenters. The molecule has 0 aromatic heterocycles. The molecule has 78 valence electrons. The first-order chi connectivity index (χ1) is 6.27. The van der Waals surface area contributed by atoms with Gasteiger partial charge in [-0.25, -0.2) is 0 Å². The summed E-state index contributed by atoms with van der Waals surface area (Å²) in [5, 5.41) is 9.74. The van der Waals surface area contributed by atoms with E-state index in [1.165, 1.54) is 37.3 Å². The maximum absolute atomic E-state index is 10.2. The first-order valence-corrected chi connectivity index (χ1v) is 6.90. The molecular weight excluding hydrogens is 227 g/mol. The van der Waals surface area contributed by atoms with E-state index in [1.807, 2.05) is 16.9 Å². The molecule has 0 fully saturated rings. The van der Waals surface area contributed by atoms with Crippen LogP contribution in [0, 0.1) is 0 Å². The first kappa shape index (κ1) is 13.0. The number of rotatable bonds is 9. The molecule has 0 aliphatic rings. The quantitative estimate of drug-likeness (QED) is 0.502. The standard InChI is InChI=1S/C10H21AsO2/c11-9-7-5-3-1-2-4-6-8-10(12)13/h1-9,11H2,(H,12,13). The van der Waals surface area contributed by atoms with E-state index in [4.69, 9.17) is 5.11 Å². The van der Waals surface area contributed by atoms with Gasteiger partial charge in [-0.1, -0.05) is 0 Å². The van der Waals surface area contributed by atoms with Crippen LogP contribution in [0.4, 0.5) is 0 Å². The number of carbonyl (C=O) groups is 1. The predicted molar refractivity (Wildman–Crippen MR) is 57.9 cm³/mol. The Kier molecular flexibility index (Phi) is 10.1. The van der Waals surface area contributed by atoms with Crippen molar-refractivity contribution in [1.29, 1.82) is 0 Å². The van der Waals surface area contributed by atoms with Gasteiger partial charge in [-0.15, -0.1) is 0 Å². The summed E-state index contributed by atoms with van der Waals surface area (Å²) in [7, 11) is 0. The summed E-state index contributed by atoms with van der Waals surface area (Å²) in [5.74, 6) is -0.659. The maximum atomic E-state index is 10.2. The number of carboxylic acids is 1. The van der Waals surface area contributed by atoms with Crippen LogP contribution < -0.4 is 0 Å². The molecule has 0 heterocycles. The van der Waals surface area contributed by atoms with E-state index in [0.717, 1.165) is 12.8 Å². The van der Waals surface area contributed by atoms with Gasteiger partial charge in [0.25, 0.3) is 0 Å². The molecule has 1 N–H and O–H groups in total. The van der Waals surface area contributed by atoms with Gasteiger partial charge in [-0.2, -0.15) is 0 Å². The molecule has 13 heavy (non-hydrogen) atoms. The third-order valence-corrected chi connectivity index (χ3v) is 2.95. The van der Waals surface area contributed by atoms with Crippen molar-refractivity contribution in [2.45, 2.75) is 56.6 Å². The second-order valence-electron chi connectivity index (χ2n) is 3.41. The van der Waals surface area contributed by atoms with E-state index in [2.05, 4.69) is 0 Å². The Morgan fingerprint density at radius 2 is 1.38 bits per heavy atom. The average molecular weight is 248 g/mol. The molecule has 2 nitrogen and oxygen atoms in total. The summed E-state index contributed by atoms with van der Waals surface area (Å²) in [6, 6.07) is 0. The SMILES string of the molecule is O=C(O)CCCCCCCCC[AsH2]. The average Bonchev–Trinajstić information content (AvgIpc) is 2.09. The van der Waals surface area contributed by atoms with Crippen molar-refractivity contribution in [3.63, 3.8) is 0 Å². The zero-order valence-electron chi connectivity index (χ0n) is 8.30. The van der Waals surface area contributed by atoms with Crippen LogP contribution in [0.5, 0.6) is 0 Å². The molecule has 0 radical (unpaired) electrons. The molecule has 0 bridgehead atoms. The van der Waals surface area contributed by atoms with Gasteiger partial charge in [0.2, 0.25) is 0 Å². The van der Waals surface area contributed by atoms with Crippen molar-refractivity contribution in [3.05, 3.63) is 0 Å². The number of carboxylic acid groups (broad SMARTS) is 1. The Labute approximate surface area is 89.6 Å². The molecule has 0 aliphatic heterocycles. The van der Waals surface area contributed by atoms with Gasteiger partial charge in [0.05, 0.1) is 0 Å². The van der Waals surface area contributed by atoms with Crippen LogP contribution >= 0.6 is 0 Å². The van der Waals surface area contributed by atoms with Gasteiger partial charge >= 0.3 is 89.3 Å². The molecule has 0 aromatic carbocycles. The number of unbranched alkanes of at least 4 members (excludes halogenated alkanes) is 6. The normalized spacial score (nSPS) is 10.2. The van der Waals surface area contributed by atoms with Crippen molar-refractivity contribution in [1.82, 2.24) is 0 Å². The molecule has 0 rings (SSSR count). The van der Waals surface area contributed by atoms with Crippen molar-refractivity contribution in [3.8, 4) is 0 Å². The minimum absolute atomic E-state index is 0.345. The number of hydrogen-bond donors (Lipinski definition) is 1. The van der Waals surface area contributed by atoms with Crippen molar-refractivity contribution in [2.24, 2.45) is 0 Å². The topological polar surface area (TPSA) is 37.3 Å². The summed E-state index contributed by atoms with van der Waals surface area (Å²) in [5.41, 5.74) is 0. The van der Waals surface area contributed by atoms with E-state index < -0.39 is 5.97 Å². The second-order valence-corrected chi connectivity index (χ2v) is 4.62. The fourth-order valence-corrected chi connectivity index (χ4v) is 1.91. The monoisotopic (exact) mass is 248 g/mol. The molecule has 0 amide bonds. The first-order valence-electron chi connectivity index (χ1n) is 5.19. The second kappa shape index (κ2) is 10.1. The van der Waals surface area contributed by atoms with Crippen LogP contribution in [-0.4, -0.2) is 27.9 Å². The van der Waals surface area contributed by atoms with Gasteiger partial charge in [0.15, 0.2) is 0 Å². The Morgan fingerprint density at radius 3 is 1.85 bits per heavy atom. The zero-order valence-corrected chi connectivity index (χ0v) is 10.7. The summed E-state index contributed by atoms with van der Waals surface area (Å²) < 4.78 is 0. The Bertz CT molecular complexity index is 126. The Balaban J connectivity index is 2.87. The van der Waals surface area contributed by atoms with Crippen LogP contribution in [0.1, 0.15) is 51.4 Å². The molecule has 0 aliphatic carbocycles. The molecular formula is C10H21AsO2. The van der Waals surface area contributed by atoms with Crippen LogP contribution in [-0.2, 0) is 4.79 Å².